The first-order valence-corrected chi connectivity index (χ1v) is 8.12. The zero-order valence-electron chi connectivity index (χ0n) is 9.53. The summed E-state index contributed by atoms with van der Waals surface area (Å²) < 4.78 is 26.6. The van der Waals surface area contributed by atoms with Gasteiger partial charge in [-0.15, -0.1) is 0 Å². The zero-order valence-corrected chi connectivity index (χ0v) is 12.5. The van der Waals surface area contributed by atoms with Crippen LogP contribution in [-0.2, 0) is 19.4 Å². The maximum absolute atomic E-state index is 11.1. The Kier molecular flexibility index (Phi) is 8.29. The topological polar surface area (TPSA) is 72.5 Å². The Labute approximate surface area is 110 Å². The number of sulfone groups is 1. The second kappa shape index (κ2) is 8.24. The number of esters is 1. The van der Waals surface area contributed by atoms with Gasteiger partial charge in [-0.2, -0.15) is 0 Å². The molecule has 1 N–H and O–H groups in total. The summed E-state index contributed by atoms with van der Waals surface area (Å²) in [4.78, 5) is 11.0. The average molecular weight is 363 g/mol. The van der Waals surface area contributed by atoms with Gasteiger partial charge < -0.3 is 10.1 Å². The van der Waals surface area contributed by atoms with Crippen LogP contribution in [0.4, 0.5) is 0 Å². The van der Waals surface area contributed by atoms with Crippen molar-refractivity contribution in [3.05, 3.63) is 0 Å². The van der Waals surface area contributed by atoms with E-state index in [4.69, 9.17) is 0 Å². The molecule has 1 unspecified atom stereocenters. The van der Waals surface area contributed by atoms with Gasteiger partial charge in [-0.1, -0.05) is 29.5 Å². The van der Waals surface area contributed by atoms with Crippen molar-refractivity contribution in [1.82, 2.24) is 5.32 Å². The molecular formula is C9H18INO4S. The third-order valence-corrected chi connectivity index (χ3v) is 4.77. The van der Waals surface area contributed by atoms with Crippen LogP contribution >= 0.6 is 22.6 Å². The summed E-state index contributed by atoms with van der Waals surface area (Å²) in [7, 11) is -1.53. The van der Waals surface area contributed by atoms with E-state index in [1.807, 2.05) is 22.6 Å². The third-order valence-electron chi connectivity index (χ3n) is 2.03. The van der Waals surface area contributed by atoms with E-state index in [-0.39, 0.29) is 21.4 Å². The molecule has 0 saturated carbocycles. The minimum atomic E-state index is -2.87. The molecule has 0 aromatic carbocycles. The Balaban J connectivity index is 3.58. The van der Waals surface area contributed by atoms with Crippen molar-refractivity contribution in [2.45, 2.75) is 17.3 Å². The molecule has 0 radical (unpaired) electrons. The fourth-order valence-electron chi connectivity index (χ4n) is 1.00. The number of hydrogen-bond acceptors (Lipinski definition) is 5. The van der Waals surface area contributed by atoms with Crippen molar-refractivity contribution in [2.75, 3.05) is 31.7 Å². The van der Waals surface area contributed by atoms with Gasteiger partial charge in [0.1, 0.15) is 13.8 Å². The van der Waals surface area contributed by atoms with Gasteiger partial charge in [-0.3, -0.25) is 4.79 Å². The summed E-state index contributed by atoms with van der Waals surface area (Å²) in [5, 5.41) is 3.02. The maximum Gasteiger partial charge on any atom is 0.319 e. The van der Waals surface area contributed by atoms with Crippen molar-refractivity contribution in [2.24, 2.45) is 0 Å². The molecular weight excluding hydrogens is 345 g/mol. The van der Waals surface area contributed by atoms with Crippen LogP contribution < -0.4 is 5.32 Å². The minimum absolute atomic E-state index is 0.185. The predicted octanol–water partition coefficient (Wildman–Crippen LogP) is 0.377. The first-order chi connectivity index (χ1) is 7.43. The fraction of sp³-hybridized carbons (Fsp3) is 0.889. The van der Waals surface area contributed by atoms with E-state index in [2.05, 4.69) is 10.1 Å². The van der Waals surface area contributed by atoms with Crippen molar-refractivity contribution >= 4 is 38.4 Å². The van der Waals surface area contributed by atoms with E-state index < -0.39 is 9.84 Å². The van der Waals surface area contributed by atoms with Gasteiger partial charge in [0, 0.05) is 12.3 Å². The van der Waals surface area contributed by atoms with Crippen molar-refractivity contribution < 1.29 is 17.9 Å². The summed E-state index contributed by atoms with van der Waals surface area (Å²) in [6, 6.07) is 0. The number of halogens is 1. The van der Waals surface area contributed by atoms with Crippen LogP contribution in [0.1, 0.15) is 13.3 Å². The molecule has 0 aliphatic carbocycles. The van der Waals surface area contributed by atoms with Gasteiger partial charge in [-0.25, -0.2) is 8.42 Å². The van der Waals surface area contributed by atoms with Crippen LogP contribution in [0.25, 0.3) is 0 Å². The molecule has 0 spiro atoms. The maximum atomic E-state index is 11.1. The molecule has 0 heterocycles. The number of hydrogen-bond donors (Lipinski definition) is 1. The molecule has 1 atom stereocenters. The Hall–Kier alpha value is 0.110. The molecule has 0 aliphatic rings. The lowest BCUT2D eigenvalue weighted by Gasteiger charge is -2.08. The van der Waals surface area contributed by atoms with Crippen molar-refractivity contribution in [1.29, 1.82) is 0 Å². The molecule has 0 fully saturated rings. The lowest BCUT2D eigenvalue weighted by molar-refractivity contribution is -0.139. The van der Waals surface area contributed by atoms with E-state index in [1.165, 1.54) is 7.11 Å². The fourth-order valence-corrected chi connectivity index (χ4v) is 2.44. The van der Waals surface area contributed by atoms with Gasteiger partial charge in [0.05, 0.1) is 12.9 Å². The lowest BCUT2D eigenvalue weighted by atomic mass is 10.4. The normalized spacial score (nSPS) is 13.4. The number of alkyl halides is 1. The van der Waals surface area contributed by atoms with Crippen molar-refractivity contribution in [3.8, 4) is 0 Å². The minimum Gasteiger partial charge on any atom is -0.468 e. The standard InChI is InChI=1S/C9H18INO4S/c1-3-16(13,14)6-4-5-11-7-8(10)9(12)15-2/h8,11H,3-7H2,1-2H3. The Morgan fingerprint density at radius 3 is 2.62 bits per heavy atom. The molecule has 0 aliphatic heterocycles. The second-order valence-electron chi connectivity index (χ2n) is 3.28. The van der Waals surface area contributed by atoms with E-state index in [0.29, 0.717) is 19.5 Å². The highest BCUT2D eigenvalue weighted by Gasteiger charge is 2.14. The predicted molar refractivity (Wildman–Crippen MR) is 71.6 cm³/mol. The molecule has 0 aromatic heterocycles. The first kappa shape index (κ1) is 16.1. The monoisotopic (exact) mass is 363 g/mol. The van der Waals surface area contributed by atoms with Crippen LogP contribution in [0, 0.1) is 0 Å². The van der Waals surface area contributed by atoms with Gasteiger partial charge in [0.25, 0.3) is 0 Å². The van der Waals surface area contributed by atoms with E-state index in [1.54, 1.807) is 6.92 Å². The lowest BCUT2D eigenvalue weighted by Crippen LogP contribution is -2.30. The summed E-state index contributed by atoms with van der Waals surface area (Å²) in [5.74, 6) is 0.110. The van der Waals surface area contributed by atoms with E-state index >= 15 is 0 Å². The zero-order chi connectivity index (χ0) is 12.6. The van der Waals surface area contributed by atoms with Gasteiger partial charge in [0.15, 0.2) is 0 Å². The molecule has 0 bridgehead atoms. The van der Waals surface area contributed by atoms with Crippen LogP contribution in [0.2, 0.25) is 0 Å². The van der Waals surface area contributed by atoms with E-state index in [0.717, 1.165) is 0 Å². The summed E-state index contributed by atoms with van der Waals surface area (Å²) >= 11 is 1.99. The molecule has 7 heteroatoms. The number of carbonyl (C=O) groups is 1. The van der Waals surface area contributed by atoms with Crippen molar-refractivity contribution in [3.63, 3.8) is 0 Å². The van der Waals surface area contributed by atoms with Crippen LogP contribution in [-0.4, -0.2) is 50.0 Å². The van der Waals surface area contributed by atoms with Gasteiger partial charge in [-0.05, 0) is 13.0 Å². The third kappa shape index (κ3) is 7.39. The van der Waals surface area contributed by atoms with Gasteiger partial charge >= 0.3 is 5.97 Å². The highest BCUT2D eigenvalue weighted by Crippen LogP contribution is 2.00. The van der Waals surface area contributed by atoms with Crippen LogP contribution in [0.15, 0.2) is 0 Å². The second-order valence-corrected chi connectivity index (χ2v) is 7.26. The van der Waals surface area contributed by atoms with Crippen LogP contribution in [0.5, 0.6) is 0 Å². The smallest absolute Gasteiger partial charge is 0.319 e. The SMILES string of the molecule is CCS(=O)(=O)CCCNCC(I)C(=O)OC. The number of carbonyl (C=O) groups excluding carboxylic acids is 1. The molecule has 5 nitrogen and oxygen atoms in total. The summed E-state index contributed by atoms with van der Waals surface area (Å²) in [6.45, 7) is 2.73. The Morgan fingerprint density at radius 2 is 2.12 bits per heavy atom. The number of methoxy groups -OCH3 is 1. The summed E-state index contributed by atoms with van der Waals surface area (Å²) in [6.07, 6.45) is 0.570. The largest absolute Gasteiger partial charge is 0.468 e. The molecule has 0 amide bonds. The van der Waals surface area contributed by atoms with E-state index in [9.17, 15) is 13.2 Å². The molecule has 96 valence electrons. The molecule has 0 aromatic rings. The number of nitrogens with one attached hydrogen (secondary N) is 1. The molecule has 0 rings (SSSR count). The molecule has 16 heavy (non-hydrogen) atoms. The van der Waals surface area contributed by atoms with Crippen LogP contribution in [0.3, 0.4) is 0 Å². The summed E-state index contributed by atoms with van der Waals surface area (Å²) in [5.41, 5.74) is 0. The first-order valence-electron chi connectivity index (χ1n) is 5.06. The molecule has 0 saturated heterocycles. The average Bonchev–Trinajstić information content (AvgIpc) is 2.27. The quantitative estimate of drug-likeness (QED) is 0.292. The Morgan fingerprint density at radius 1 is 1.50 bits per heavy atom. The van der Waals surface area contributed by atoms with Gasteiger partial charge in [0.2, 0.25) is 0 Å². The Bertz CT molecular complexity index is 305. The highest BCUT2D eigenvalue weighted by molar-refractivity contribution is 14.1. The highest BCUT2D eigenvalue weighted by atomic mass is 127. The number of ether oxygens (including phenoxy) is 1. The number of rotatable bonds is 8.